The summed E-state index contributed by atoms with van der Waals surface area (Å²) in [5, 5.41) is 0. The quantitative estimate of drug-likeness (QED) is 0.937. The SMILES string of the molecule is C[C@@H](N)c1ccc(F)cc1OCC1COc2ccccc21. The molecule has 2 N–H and O–H groups in total. The Kier molecular flexibility index (Phi) is 3.80. The van der Waals surface area contributed by atoms with Gasteiger partial charge in [-0.25, -0.2) is 4.39 Å². The third-order valence-corrected chi connectivity index (χ3v) is 3.71. The maximum Gasteiger partial charge on any atom is 0.126 e. The zero-order chi connectivity index (χ0) is 14.8. The zero-order valence-corrected chi connectivity index (χ0v) is 11.9. The number of benzene rings is 2. The van der Waals surface area contributed by atoms with Crippen LogP contribution < -0.4 is 15.2 Å². The van der Waals surface area contributed by atoms with Gasteiger partial charge in [0.2, 0.25) is 0 Å². The van der Waals surface area contributed by atoms with Gasteiger partial charge in [-0.3, -0.25) is 0 Å². The molecule has 2 aromatic carbocycles. The molecule has 0 saturated carbocycles. The van der Waals surface area contributed by atoms with E-state index in [1.165, 1.54) is 12.1 Å². The molecule has 1 unspecified atom stereocenters. The molecule has 0 aromatic heterocycles. The molecule has 3 nitrogen and oxygen atoms in total. The van der Waals surface area contributed by atoms with Gasteiger partial charge < -0.3 is 15.2 Å². The summed E-state index contributed by atoms with van der Waals surface area (Å²) < 4.78 is 24.8. The normalized spacial score (nSPS) is 18.0. The molecule has 2 atom stereocenters. The Morgan fingerprint density at radius 2 is 2.14 bits per heavy atom. The Bertz CT molecular complexity index is 642. The second-order valence-corrected chi connectivity index (χ2v) is 5.33. The summed E-state index contributed by atoms with van der Waals surface area (Å²) in [6, 6.07) is 12.2. The molecule has 1 aliphatic rings. The number of nitrogens with two attached hydrogens (primary N) is 1. The minimum absolute atomic E-state index is 0.158. The summed E-state index contributed by atoms with van der Waals surface area (Å²) in [4.78, 5) is 0. The molecule has 0 radical (unpaired) electrons. The molecule has 0 saturated heterocycles. The molecule has 3 rings (SSSR count). The number of ether oxygens (including phenoxy) is 2. The molecule has 0 aliphatic carbocycles. The van der Waals surface area contributed by atoms with Crippen LogP contribution in [0.4, 0.5) is 4.39 Å². The predicted octanol–water partition coefficient (Wildman–Crippen LogP) is 3.40. The molecule has 21 heavy (non-hydrogen) atoms. The van der Waals surface area contributed by atoms with Crippen LogP contribution in [-0.2, 0) is 0 Å². The topological polar surface area (TPSA) is 44.5 Å². The van der Waals surface area contributed by atoms with Crippen LogP contribution in [0.25, 0.3) is 0 Å². The summed E-state index contributed by atoms with van der Waals surface area (Å²) in [5.41, 5.74) is 7.84. The molecule has 1 heterocycles. The first-order valence-electron chi connectivity index (χ1n) is 7.04. The minimum Gasteiger partial charge on any atom is -0.493 e. The highest BCUT2D eigenvalue weighted by Crippen LogP contribution is 2.34. The Morgan fingerprint density at radius 1 is 1.33 bits per heavy atom. The number of hydrogen-bond donors (Lipinski definition) is 1. The molecule has 0 fully saturated rings. The van der Waals surface area contributed by atoms with Crippen molar-refractivity contribution >= 4 is 0 Å². The first-order chi connectivity index (χ1) is 10.1. The van der Waals surface area contributed by atoms with Crippen LogP contribution in [0, 0.1) is 5.82 Å². The van der Waals surface area contributed by atoms with Gasteiger partial charge in [-0.05, 0) is 19.1 Å². The monoisotopic (exact) mass is 287 g/mol. The van der Waals surface area contributed by atoms with Crippen LogP contribution in [0.3, 0.4) is 0 Å². The van der Waals surface area contributed by atoms with Crippen LogP contribution in [0.15, 0.2) is 42.5 Å². The van der Waals surface area contributed by atoms with E-state index in [-0.39, 0.29) is 17.8 Å². The van der Waals surface area contributed by atoms with E-state index >= 15 is 0 Å². The zero-order valence-electron chi connectivity index (χ0n) is 11.9. The van der Waals surface area contributed by atoms with Crippen molar-refractivity contribution in [3.63, 3.8) is 0 Å². The molecule has 2 aromatic rings. The second-order valence-electron chi connectivity index (χ2n) is 5.33. The third-order valence-electron chi connectivity index (χ3n) is 3.71. The van der Waals surface area contributed by atoms with E-state index in [0.29, 0.717) is 19.0 Å². The van der Waals surface area contributed by atoms with Crippen LogP contribution in [-0.4, -0.2) is 13.2 Å². The van der Waals surface area contributed by atoms with E-state index in [9.17, 15) is 4.39 Å². The van der Waals surface area contributed by atoms with E-state index < -0.39 is 0 Å². The Balaban J connectivity index is 1.76. The molecular weight excluding hydrogens is 269 g/mol. The minimum atomic E-state index is -0.322. The molecular formula is C17H18FNO2. The van der Waals surface area contributed by atoms with E-state index in [1.807, 2.05) is 31.2 Å². The third kappa shape index (κ3) is 2.85. The van der Waals surface area contributed by atoms with Gasteiger partial charge in [-0.2, -0.15) is 0 Å². The highest BCUT2D eigenvalue weighted by atomic mass is 19.1. The second kappa shape index (κ2) is 5.74. The van der Waals surface area contributed by atoms with Crippen molar-refractivity contribution in [2.24, 2.45) is 5.73 Å². The summed E-state index contributed by atoms with van der Waals surface area (Å²) in [5.74, 6) is 1.25. The number of halogens is 1. The average molecular weight is 287 g/mol. The van der Waals surface area contributed by atoms with Gasteiger partial charge in [0.05, 0.1) is 19.1 Å². The molecule has 0 spiro atoms. The van der Waals surface area contributed by atoms with Crippen molar-refractivity contribution in [2.75, 3.05) is 13.2 Å². The van der Waals surface area contributed by atoms with Crippen LogP contribution >= 0.6 is 0 Å². The van der Waals surface area contributed by atoms with Crippen LogP contribution in [0.1, 0.15) is 30.0 Å². The molecule has 1 aliphatic heterocycles. The van der Waals surface area contributed by atoms with Crippen molar-refractivity contribution in [3.05, 3.63) is 59.4 Å². The fraction of sp³-hybridized carbons (Fsp3) is 0.294. The van der Waals surface area contributed by atoms with Crippen molar-refractivity contribution in [3.8, 4) is 11.5 Å². The van der Waals surface area contributed by atoms with Gasteiger partial charge in [-0.1, -0.05) is 24.3 Å². The lowest BCUT2D eigenvalue weighted by atomic mass is 10.0. The Morgan fingerprint density at radius 3 is 2.95 bits per heavy atom. The fourth-order valence-corrected chi connectivity index (χ4v) is 2.57. The van der Waals surface area contributed by atoms with Gasteiger partial charge in [0.1, 0.15) is 17.3 Å². The first-order valence-corrected chi connectivity index (χ1v) is 7.04. The molecule has 0 bridgehead atoms. The highest BCUT2D eigenvalue weighted by molar-refractivity contribution is 5.40. The van der Waals surface area contributed by atoms with Gasteiger partial charge in [0.15, 0.2) is 0 Å². The molecule has 0 amide bonds. The van der Waals surface area contributed by atoms with Crippen LogP contribution in [0.5, 0.6) is 11.5 Å². The molecule has 110 valence electrons. The van der Waals surface area contributed by atoms with Gasteiger partial charge >= 0.3 is 0 Å². The lowest BCUT2D eigenvalue weighted by Gasteiger charge is -2.16. The van der Waals surface area contributed by atoms with E-state index in [1.54, 1.807) is 6.07 Å². The van der Waals surface area contributed by atoms with Crippen LogP contribution in [0.2, 0.25) is 0 Å². The number of fused-ring (bicyclic) bond motifs is 1. The number of hydrogen-bond acceptors (Lipinski definition) is 3. The van der Waals surface area contributed by atoms with Gasteiger partial charge in [0.25, 0.3) is 0 Å². The van der Waals surface area contributed by atoms with E-state index in [4.69, 9.17) is 15.2 Å². The maximum absolute atomic E-state index is 13.4. The largest absolute Gasteiger partial charge is 0.493 e. The molecule has 4 heteroatoms. The van der Waals surface area contributed by atoms with E-state index in [2.05, 4.69) is 0 Å². The average Bonchev–Trinajstić information content (AvgIpc) is 2.88. The first kappa shape index (κ1) is 13.9. The summed E-state index contributed by atoms with van der Waals surface area (Å²) >= 11 is 0. The lowest BCUT2D eigenvalue weighted by molar-refractivity contribution is 0.245. The maximum atomic E-state index is 13.4. The standard InChI is InChI=1S/C17H18FNO2/c1-11(19)14-7-6-13(18)8-17(14)21-10-12-9-20-16-5-3-2-4-15(12)16/h2-8,11-12H,9-10,19H2,1H3/t11-,12?/m1/s1. The summed E-state index contributed by atoms with van der Waals surface area (Å²) in [6.07, 6.45) is 0. The Labute approximate surface area is 123 Å². The van der Waals surface area contributed by atoms with Gasteiger partial charge in [0, 0.05) is 23.2 Å². The lowest BCUT2D eigenvalue weighted by Crippen LogP contribution is -2.14. The smallest absolute Gasteiger partial charge is 0.126 e. The van der Waals surface area contributed by atoms with Crippen molar-refractivity contribution in [1.82, 2.24) is 0 Å². The fourth-order valence-electron chi connectivity index (χ4n) is 2.57. The summed E-state index contributed by atoms with van der Waals surface area (Å²) in [6.45, 7) is 2.89. The number of rotatable bonds is 4. The van der Waals surface area contributed by atoms with Crippen molar-refractivity contribution in [1.29, 1.82) is 0 Å². The highest BCUT2D eigenvalue weighted by Gasteiger charge is 2.24. The number of para-hydroxylation sites is 1. The van der Waals surface area contributed by atoms with Crippen molar-refractivity contribution in [2.45, 2.75) is 18.9 Å². The Hall–Kier alpha value is -2.07. The van der Waals surface area contributed by atoms with Gasteiger partial charge in [-0.15, -0.1) is 0 Å². The summed E-state index contributed by atoms with van der Waals surface area (Å²) in [7, 11) is 0. The van der Waals surface area contributed by atoms with Crippen molar-refractivity contribution < 1.29 is 13.9 Å². The van der Waals surface area contributed by atoms with E-state index in [0.717, 1.165) is 16.9 Å². The predicted molar refractivity (Wildman–Crippen MR) is 79.2 cm³/mol.